The number of carboxylic acids is 1. The van der Waals surface area contributed by atoms with Crippen LogP contribution >= 0.6 is 0 Å². The summed E-state index contributed by atoms with van der Waals surface area (Å²) < 4.78 is 24.2. The van der Waals surface area contributed by atoms with Gasteiger partial charge in [-0.15, -0.1) is 0 Å². The summed E-state index contributed by atoms with van der Waals surface area (Å²) in [6, 6.07) is 13.8. The molecule has 0 aliphatic carbocycles. The second kappa shape index (κ2) is 6.74. The molecule has 1 N–H and O–H groups in total. The molecule has 2 aromatic rings. The van der Waals surface area contributed by atoms with E-state index < -0.39 is 12.1 Å². The average Bonchev–Trinajstić information content (AvgIpc) is 2.53. The van der Waals surface area contributed by atoms with Crippen LogP contribution in [0.5, 0.6) is 11.5 Å². The SMILES string of the molecule is COc1cc(C(F)C(=O)O)ccc1OCc1ccccc1. The first kappa shape index (κ1) is 14.8. The van der Waals surface area contributed by atoms with Crippen LogP contribution in [0, 0.1) is 0 Å². The fourth-order valence-corrected chi connectivity index (χ4v) is 1.84. The minimum Gasteiger partial charge on any atom is -0.493 e. The monoisotopic (exact) mass is 290 g/mol. The Kier molecular flexibility index (Phi) is 4.77. The van der Waals surface area contributed by atoms with E-state index in [2.05, 4.69) is 0 Å². The highest BCUT2D eigenvalue weighted by molar-refractivity contribution is 5.74. The van der Waals surface area contributed by atoms with Gasteiger partial charge in [-0.3, -0.25) is 0 Å². The first-order chi connectivity index (χ1) is 10.1. The highest BCUT2D eigenvalue weighted by atomic mass is 19.1. The van der Waals surface area contributed by atoms with Crippen molar-refractivity contribution in [2.24, 2.45) is 0 Å². The number of hydrogen-bond acceptors (Lipinski definition) is 3. The number of carbonyl (C=O) groups is 1. The van der Waals surface area contributed by atoms with Crippen LogP contribution in [0.25, 0.3) is 0 Å². The zero-order chi connectivity index (χ0) is 15.2. The number of halogens is 1. The molecule has 110 valence electrons. The van der Waals surface area contributed by atoms with E-state index in [9.17, 15) is 9.18 Å². The summed E-state index contributed by atoms with van der Waals surface area (Å²) in [6.07, 6.45) is -2.08. The normalized spacial score (nSPS) is 11.7. The van der Waals surface area contributed by atoms with Crippen molar-refractivity contribution in [1.82, 2.24) is 0 Å². The molecule has 0 spiro atoms. The zero-order valence-electron chi connectivity index (χ0n) is 11.5. The van der Waals surface area contributed by atoms with Crippen LogP contribution in [0.15, 0.2) is 48.5 Å². The number of carboxylic acid groups (broad SMARTS) is 1. The van der Waals surface area contributed by atoms with Gasteiger partial charge in [-0.05, 0) is 17.7 Å². The first-order valence-electron chi connectivity index (χ1n) is 6.33. The van der Waals surface area contributed by atoms with Crippen molar-refractivity contribution in [2.45, 2.75) is 12.8 Å². The van der Waals surface area contributed by atoms with E-state index in [1.54, 1.807) is 0 Å². The summed E-state index contributed by atoms with van der Waals surface area (Å²) in [4.78, 5) is 10.6. The highest BCUT2D eigenvalue weighted by Crippen LogP contribution is 2.32. The molecule has 21 heavy (non-hydrogen) atoms. The van der Waals surface area contributed by atoms with Crippen molar-refractivity contribution in [3.63, 3.8) is 0 Å². The molecule has 1 atom stereocenters. The lowest BCUT2D eigenvalue weighted by Gasteiger charge is -2.13. The molecule has 0 saturated heterocycles. The number of methoxy groups -OCH3 is 1. The Balaban J connectivity index is 2.15. The molecule has 1 unspecified atom stereocenters. The van der Waals surface area contributed by atoms with Gasteiger partial charge in [0.05, 0.1) is 7.11 Å². The quantitative estimate of drug-likeness (QED) is 0.886. The van der Waals surface area contributed by atoms with Gasteiger partial charge < -0.3 is 14.6 Å². The van der Waals surface area contributed by atoms with Crippen molar-refractivity contribution in [1.29, 1.82) is 0 Å². The van der Waals surface area contributed by atoms with Crippen molar-refractivity contribution < 1.29 is 23.8 Å². The summed E-state index contributed by atoms with van der Waals surface area (Å²) >= 11 is 0. The molecule has 0 radical (unpaired) electrons. The second-order valence-corrected chi connectivity index (χ2v) is 4.39. The smallest absolute Gasteiger partial charge is 0.343 e. The van der Waals surface area contributed by atoms with E-state index >= 15 is 0 Å². The van der Waals surface area contributed by atoms with Crippen molar-refractivity contribution >= 4 is 5.97 Å². The van der Waals surface area contributed by atoms with Gasteiger partial charge in [-0.25, -0.2) is 9.18 Å². The van der Waals surface area contributed by atoms with Gasteiger partial charge in [0, 0.05) is 5.56 Å². The van der Waals surface area contributed by atoms with E-state index in [-0.39, 0.29) is 5.56 Å². The van der Waals surface area contributed by atoms with Gasteiger partial charge in [0.15, 0.2) is 11.5 Å². The van der Waals surface area contributed by atoms with Crippen LogP contribution in [-0.2, 0) is 11.4 Å². The summed E-state index contributed by atoms with van der Waals surface area (Å²) in [5.74, 6) is -0.801. The maximum Gasteiger partial charge on any atom is 0.343 e. The Morgan fingerprint density at radius 2 is 1.90 bits per heavy atom. The lowest BCUT2D eigenvalue weighted by Crippen LogP contribution is -2.06. The molecular weight excluding hydrogens is 275 g/mol. The predicted molar refractivity (Wildman–Crippen MR) is 75.3 cm³/mol. The van der Waals surface area contributed by atoms with Crippen molar-refractivity contribution in [3.8, 4) is 11.5 Å². The minimum absolute atomic E-state index is 0.0198. The summed E-state index contributed by atoms with van der Waals surface area (Å²) in [6.45, 7) is 0.342. The van der Waals surface area contributed by atoms with Crippen LogP contribution in [0.2, 0.25) is 0 Å². The lowest BCUT2D eigenvalue weighted by molar-refractivity contribution is -0.143. The molecule has 0 aliphatic rings. The van der Waals surface area contributed by atoms with Gasteiger partial charge in [-0.2, -0.15) is 0 Å². The summed E-state index contributed by atoms with van der Waals surface area (Å²) in [5.41, 5.74) is 1.00. The largest absolute Gasteiger partial charge is 0.493 e. The molecule has 2 aromatic carbocycles. The molecular formula is C16H15FO4. The van der Waals surface area contributed by atoms with E-state index in [4.69, 9.17) is 14.6 Å². The standard InChI is InChI=1S/C16H15FO4/c1-20-14-9-12(15(17)16(18)19)7-8-13(14)21-10-11-5-3-2-4-6-11/h2-9,15H,10H2,1H3,(H,18,19). The van der Waals surface area contributed by atoms with Crippen LogP contribution in [0.3, 0.4) is 0 Å². The fraction of sp³-hybridized carbons (Fsp3) is 0.188. The van der Waals surface area contributed by atoms with Crippen LogP contribution in [0.4, 0.5) is 4.39 Å². The number of alkyl halides is 1. The van der Waals surface area contributed by atoms with Gasteiger partial charge in [0.2, 0.25) is 6.17 Å². The van der Waals surface area contributed by atoms with Crippen LogP contribution in [-0.4, -0.2) is 18.2 Å². The molecule has 0 bridgehead atoms. The number of hydrogen-bond donors (Lipinski definition) is 1. The van der Waals surface area contributed by atoms with E-state index in [1.165, 1.54) is 25.3 Å². The minimum atomic E-state index is -2.08. The Labute approximate surface area is 121 Å². The molecule has 0 amide bonds. The molecule has 2 rings (SSSR count). The highest BCUT2D eigenvalue weighted by Gasteiger charge is 2.20. The van der Waals surface area contributed by atoms with E-state index in [0.29, 0.717) is 18.1 Å². The summed E-state index contributed by atoms with van der Waals surface area (Å²) in [5, 5.41) is 8.67. The maximum atomic E-state index is 13.5. The first-order valence-corrected chi connectivity index (χ1v) is 6.33. The molecule has 0 aromatic heterocycles. The van der Waals surface area contributed by atoms with Gasteiger partial charge in [0.25, 0.3) is 0 Å². The van der Waals surface area contributed by atoms with Gasteiger partial charge in [0.1, 0.15) is 6.61 Å². The third kappa shape index (κ3) is 3.72. The molecule has 0 saturated carbocycles. The number of ether oxygens (including phenoxy) is 2. The van der Waals surface area contributed by atoms with Gasteiger partial charge >= 0.3 is 5.97 Å². The lowest BCUT2D eigenvalue weighted by atomic mass is 10.1. The Hall–Kier alpha value is -2.56. The Morgan fingerprint density at radius 3 is 2.52 bits per heavy atom. The second-order valence-electron chi connectivity index (χ2n) is 4.39. The predicted octanol–water partition coefficient (Wildman–Crippen LogP) is 3.37. The van der Waals surface area contributed by atoms with Crippen LogP contribution < -0.4 is 9.47 Å². The zero-order valence-corrected chi connectivity index (χ0v) is 11.5. The molecule has 0 aliphatic heterocycles. The van der Waals surface area contributed by atoms with Crippen molar-refractivity contribution in [2.75, 3.05) is 7.11 Å². The van der Waals surface area contributed by atoms with E-state index in [1.807, 2.05) is 30.3 Å². The van der Waals surface area contributed by atoms with Gasteiger partial charge in [-0.1, -0.05) is 36.4 Å². The van der Waals surface area contributed by atoms with E-state index in [0.717, 1.165) is 5.56 Å². The van der Waals surface area contributed by atoms with Crippen molar-refractivity contribution in [3.05, 3.63) is 59.7 Å². The number of benzene rings is 2. The Bertz CT molecular complexity index is 613. The number of aliphatic carboxylic acids is 1. The maximum absolute atomic E-state index is 13.5. The topological polar surface area (TPSA) is 55.8 Å². The average molecular weight is 290 g/mol. The molecule has 5 heteroatoms. The molecule has 0 fully saturated rings. The third-order valence-electron chi connectivity index (χ3n) is 2.93. The van der Waals surface area contributed by atoms with Crippen LogP contribution in [0.1, 0.15) is 17.3 Å². The molecule has 4 nitrogen and oxygen atoms in total. The Morgan fingerprint density at radius 1 is 1.19 bits per heavy atom. The fourth-order valence-electron chi connectivity index (χ4n) is 1.84. The summed E-state index contributed by atoms with van der Waals surface area (Å²) in [7, 11) is 1.42. The number of rotatable bonds is 6. The third-order valence-corrected chi connectivity index (χ3v) is 2.93. The molecule has 0 heterocycles.